The lowest BCUT2D eigenvalue weighted by Gasteiger charge is -2.28. The fraction of sp³-hybridized carbons (Fsp3) is 0.500. The number of rotatable bonds is 3. The van der Waals surface area contributed by atoms with E-state index in [2.05, 4.69) is 5.32 Å². The smallest absolute Gasteiger partial charge is 0.329 e. The fourth-order valence-corrected chi connectivity index (χ4v) is 2.92. The first-order chi connectivity index (χ1) is 9.84. The second-order valence-corrected chi connectivity index (χ2v) is 5.93. The number of carbonyl (C=O) groups is 2. The molecule has 2 rings (SSSR count). The predicted molar refractivity (Wildman–Crippen MR) is 81.7 cm³/mol. The summed E-state index contributed by atoms with van der Waals surface area (Å²) in [7, 11) is 1.66. The Morgan fingerprint density at radius 2 is 1.67 bits per heavy atom. The number of aliphatic carboxylic acids is 1. The number of nitrogens with zero attached hydrogens (tertiary/aromatic N) is 1. The number of anilines is 1. The largest absolute Gasteiger partial charge is 0.480 e. The van der Waals surface area contributed by atoms with Crippen LogP contribution >= 0.6 is 0 Å². The van der Waals surface area contributed by atoms with Crippen LogP contribution in [0.5, 0.6) is 0 Å². The van der Waals surface area contributed by atoms with Crippen molar-refractivity contribution in [3.05, 3.63) is 29.3 Å². The van der Waals surface area contributed by atoms with Crippen LogP contribution in [0, 0.1) is 13.8 Å². The van der Waals surface area contributed by atoms with Crippen molar-refractivity contribution in [3.8, 4) is 0 Å². The van der Waals surface area contributed by atoms with Gasteiger partial charge in [0.2, 0.25) is 0 Å². The quantitative estimate of drug-likeness (QED) is 0.899. The van der Waals surface area contributed by atoms with Crippen molar-refractivity contribution in [2.45, 2.75) is 45.1 Å². The number of nitrogens with one attached hydrogen (secondary N) is 1. The molecule has 0 spiro atoms. The number of carboxylic acids is 1. The summed E-state index contributed by atoms with van der Waals surface area (Å²) in [5.41, 5.74) is 1.80. The van der Waals surface area contributed by atoms with Gasteiger partial charge in [-0.05, 0) is 49.9 Å². The van der Waals surface area contributed by atoms with Crippen molar-refractivity contribution in [3.63, 3.8) is 0 Å². The summed E-state index contributed by atoms with van der Waals surface area (Å²) in [6, 6.07) is 5.48. The van der Waals surface area contributed by atoms with Gasteiger partial charge in [-0.25, -0.2) is 9.59 Å². The lowest BCUT2D eigenvalue weighted by Crippen LogP contribution is -2.55. The molecule has 2 amide bonds. The molecule has 1 aliphatic carbocycles. The number of amides is 2. The molecule has 0 aliphatic heterocycles. The third-order valence-electron chi connectivity index (χ3n) is 4.11. The Hall–Kier alpha value is -2.04. The highest BCUT2D eigenvalue weighted by atomic mass is 16.4. The standard InChI is InChI=1S/C16H22N2O3/c1-11-8-12(2)10-13(9-11)18(3)15(21)17-16(14(19)20)6-4-5-7-16/h8-10H,4-7H2,1-3H3,(H,17,21)(H,19,20). The van der Waals surface area contributed by atoms with Gasteiger partial charge in [0.25, 0.3) is 0 Å². The Bertz CT molecular complexity index is 542. The van der Waals surface area contributed by atoms with Crippen molar-refractivity contribution in [2.75, 3.05) is 11.9 Å². The van der Waals surface area contributed by atoms with Gasteiger partial charge in [-0.3, -0.25) is 4.90 Å². The number of carbonyl (C=O) groups excluding carboxylic acids is 1. The Morgan fingerprint density at radius 3 is 2.14 bits per heavy atom. The molecule has 0 bridgehead atoms. The van der Waals surface area contributed by atoms with Crippen molar-refractivity contribution < 1.29 is 14.7 Å². The van der Waals surface area contributed by atoms with E-state index < -0.39 is 11.5 Å². The zero-order chi connectivity index (χ0) is 15.6. The monoisotopic (exact) mass is 290 g/mol. The third-order valence-corrected chi connectivity index (χ3v) is 4.11. The molecule has 0 aromatic heterocycles. The number of hydrogen-bond donors (Lipinski definition) is 2. The van der Waals surface area contributed by atoms with Gasteiger partial charge in [0.05, 0.1) is 0 Å². The highest BCUT2D eigenvalue weighted by Crippen LogP contribution is 2.30. The molecule has 21 heavy (non-hydrogen) atoms. The number of urea groups is 1. The molecule has 1 fully saturated rings. The maximum atomic E-state index is 12.4. The SMILES string of the molecule is Cc1cc(C)cc(N(C)C(=O)NC2(C(=O)O)CCCC2)c1. The van der Waals surface area contributed by atoms with Crippen LogP contribution in [0.1, 0.15) is 36.8 Å². The summed E-state index contributed by atoms with van der Waals surface area (Å²) < 4.78 is 0. The van der Waals surface area contributed by atoms with Crippen LogP contribution in [0.25, 0.3) is 0 Å². The fourth-order valence-electron chi connectivity index (χ4n) is 2.92. The van der Waals surface area contributed by atoms with E-state index in [1.165, 1.54) is 4.90 Å². The number of hydrogen-bond acceptors (Lipinski definition) is 2. The first kappa shape index (κ1) is 15.4. The molecule has 1 aromatic carbocycles. The molecule has 1 saturated carbocycles. The summed E-state index contributed by atoms with van der Waals surface area (Å²) in [4.78, 5) is 25.4. The molecule has 0 atom stereocenters. The van der Waals surface area contributed by atoms with Gasteiger partial charge in [-0.2, -0.15) is 0 Å². The predicted octanol–water partition coefficient (Wildman–Crippen LogP) is 2.85. The average molecular weight is 290 g/mol. The van der Waals surface area contributed by atoms with E-state index >= 15 is 0 Å². The van der Waals surface area contributed by atoms with Gasteiger partial charge in [0.15, 0.2) is 0 Å². The molecule has 2 N–H and O–H groups in total. The molecular weight excluding hydrogens is 268 g/mol. The lowest BCUT2D eigenvalue weighted by atomic mass is 9.98. The minimum atomic E-state index is -1.11. The third kappa shape index (κ3) is 3.17. The zero-order valence-electron chi connectivity index (χ0n) is 12.8. The van der Waals surface area contributed by atoms with Crippen LogP contribution in [-0.2, 0) is 4.79 Å². The minimum Gasteiger partial charge on any atom is -0.480 e. The maximum absolute atomic E-state index is 12.4. The second kappa shape index (κ2) is 5.76. The molecule has 0 radical (unpaired) electrons. The van der Waals surface area contributed by atoms with Gasteiger partial charge in [-0.1, -0.05) is 18.9 Å². The van der Waals surface area contributed by atoms with Crippen molar-refractivity contribution in [1.29, 1.82) is 0 Å². The van der Waals surface area contributed by atoms with E-state index in [9.17, 15) is 14.7 Å². The van der Waals surface area contributed by atoms with Crippen molar-refractivity contribution in [1.82, 2.24) is 5.32 Å². The molecular formula is C16H22N2O3. The molecule has 114 valence electrons. The minimum absolute atomic E-state index is 0.371. The molecule has 1 aliphatic rings. The Morgan fingerprint density at radius 1 is 1.14 bits per heavy atom. The van der Waals surface area contributed by atoms with E-state index in [4.69, 9.17) is 0 Å². The van der Waals surface area contributed by atoms with Crippen LogP contribution in [0.15, 0.2) is 18.2 Å². The van der Waals surface area contributed by atoms with Gasteiger partial charge >= 0.3 is 12.0 Å². The molecule has 0 heterocycles. The first-order valence-electron chi connectivity index (χ1n) is 7.22. The Balaban J connectivity index is 2.17. The van der Waals surface area contributed by atoms with Crippen LogP contribution in [0.3, 0.4) is 0 Å². The zero-order valence-corrected chi connectivity index (χ0v) is 12.8. The van der Waals surface area contributed by atoms with Crippen LogP contribution in [-0.4, -0.2) is 29.7 Å². The summed E-state index contributed by atoms with van der Waals surface area (Å²) >= 11 is 0. The normalized spacial score (nSPS) is 16.5. The topological polar surface area (TPSA) is 69.6 Å². The highest BCUT2D eigenvalue weighted by molar-refractivity contribution is 5.95. The van der Waals surface area contributed by atoms with Crippen molar-refractivity contribution in [2.24, 2.45) is 0 Å². The average Bonchev–Trinajstić information content (AvgIpc) is 2.86. The molecule has 1 aromatic rings. The Kier molecular flexibility index (Phi) is 4.21. The van der Waals surface area contributed by atoms with E-state index in [1.54, 1.807) is 7.05 Å². The van der Waals surface area contributed by atoms with E-state index in [0.717, 1.165) is 29.7 Å². The van der Waals surface area contributed by atoms with Gasteiger partial charge < -0.3 is 10.4 Å². The molecule has 0 saturated heterocycles. The van der Waals surface area contributed by atoms with Gasteiger partial charge in [-0.15, -0.1) is 0 Å². The van der Waals surface area contributed by atoms with Crippen LogP contribution in [0.2, 0.25) is 0 Å². The van der Waals surface area contributed by atoms with E-state index in [-0.39, 0.29) is 6.03 Å². The number of aryl methyl sites for hydroxylation is 2. The van der Waals surface area contributed by atoms with Gasteiger partial charge in [0, 0.05) is 12.7 Å². The van der Waals surface area contributed by atoms with E-state index in [0.29, 0.717) is 12.8 Å². The van der Waals surface area contributed by atoms with E-state index in [1.807, 2.05) is 32.0 Å². The lowest BCUT2D eigenvalue weighted by molar-refractivity contribution is -0.144. The first-order valence-corrected chi connectivity index (χ1v) is 7.22. The van der Waals surface area contributed by atoms with Crippen LogP contribution < -0.4 is 10.2 Å². The number of benzene rings is 1. The second-order valence-electron chi connectivity index (χ2n) is 5.93. The number of carboxylic acid groups (broad SMARTS) is 1. The molecule has 0 unspecified atom stereocenters. The van der Waals surface area contributed by atoms with Crippen molar-refractivity contribution >= 4 is 17.7 Å². The van der Waals surface area contributed by atoms with Gasteiger partial charge in [0.1, 0.15) is 5.54 Å². The van der Waals surface area contributed by atoms with Crippen LogP contribution in [0.4, 0.5) is 10.5 Å². The summed E-state index contributed by atoms with van der Waals surface area (Å²) in [6.07, 6.45) is 2.66. The molecule has 5 heteroatoms. The molecule has 5 nitrogen and oxygen atoms in total. The Labute approximate surface area is 125 Å². The summed E-state index contributed by atoms with van der Waals surface area (Å²) in [5.74, 6) is -0.942. The highest BCUT2D eigenvalue weighted by Gasteiger charge is 2.43. The summed E-state index contributed by atoms with van der Waals surface area (Å²) in [6.45, 7) is 3.94. The maximum Gasteiger partial charge on any atom is 0.329 e. The summed E-state index contributed by atoms with van der Waals surface area (Å²) in [5, 5.41) is 12.1.